The third-order valence-corrected chi connectivity index (χ3v) is 4.30. The minimum atomic E-state index is -4.58. The molecule has 3 unspecified atom stereocenters. The highest BCUT2D eigenvalue weighted by Crippen LogP contribution is 2.35. The molecule has 1 saturated heterocycles. The van der Waals surface area contributed by atoms with Gasteiger partial charge in [0.2, 0.25) is 5.91 Å². The molecule has 2 amide bonds. The number of rotatable bonds is 3. The van der Waals surface area contributed by atoms with Crippen LogP contribution in [0.15, 0.2) is 24.3 Å². The summed E-state index contributed by atoms with van der Waals surface area (Å²) in [6.07, 6.45) is -5.96. The Bertz CT molecular complexity index is 639. The maximum Gasteiger partial charge on any atom is 0.406 e. The lowest BCUT2D eigenvalue weighted by molar-refractivity contribution is -0.170. The van der Waals surface area contributed by atoms with Crippen molar-refractivity contribution in [1.82, 2.24) is 10.2 Å². The van der Waals surface area contributed by atoms with Crippen molar-refractivity contribution in [3.63, 3.8) is 0 Å². The van der Waals surface area contributed by atoms with Crippen molar-refractivity contribution >= 4 is 23.6 Å². The number of halogens is 4. The van der Waals surface area contributed by atoms with Gasteiger partial charge in [-0.05, 0) is 31.0 Å². The standard InChI is InChI=1S/C15H16ClF3N2O3/c1-8-11(9-3-2-4-10(16)5-9)6-12(20-14(23)24)13(22)21(8)7-15(17,18)19/h2-5,8,11-12,20H,6-7H2,1H3,(H,23,24). The molecule has 1 aliphatic heterocycles. The molecule has 24 heavy (non-hydrogen) atoms. The van der Waals surface area contributed by atoms with Crippen molar-refractivity contribution in [2.75, 3.05) is 6.54 Å². The normalized spacial score (nSPS) is 24.8. The lowest BCUT2D eigenvalue weighted by Gasteiger charge is -2.43. The Morgan fingerprint density at radius 2 is 2.12 bits per heavy atom. The summed E-state index contributed by atoms with van der Waals surface area (Å²) in [7, 11) is 0. The summed E-state index contributed by atoms with van der Waals surface area (Å²) in [5, 5.41) is 11.3. The number of amides is 2. The second-order valence-electron chi connectivity index (χ2n) is 5.72. The zero-order valence-electron chi connectivity index (χ0n) is 12.7. The van der Waals surface area contributed by atoms with Gasteiger partial charge in [0.1, 0.15) is 12.6 Å². The SMILES string of the molecule is CC1C(c2cccc(Cl)c2)CC(NC(=O)O)C(=O)N1CC(F)(F)F. The number of alkyl halides is 3. The van der Waals surface area contributed by atoms with E-state index in [1.54, 1.807) is 24.3 Å². The zero-order valence-corrected chi connectivity index (χ0v) is 13.4. The molecule has 1 aliphatic rings. The van der Waals surface area contributed by atoms with Crippen LogP contribution in [0.2, 0.25) is 5.02 Å². The van der Waals surface area contributed by atoms with Crippen LogP contribution < -0.4 is 5.32 Å². The molecule has 0 saturated carbocycles. The van der Waals surface area contributed by atoms with Crippen molar-refractivity contribution in [2.24, 2.45) is 0 Å². The molecule has 0 aromatic heterocycles. The molecule has 0 radical (unpaired) electrons. The van der Waals surface area contributed by atoms with Gasteiger partial charge in [-0.25, -0.2) is 4.79 Å². The smallest absolute Gasteiger partial charge is 0.406 e. The Labute approximate surface area is 141 Å². The number of hydrogen-bond donors (Lipinski definition) is 2. The van der Waals surface area contributed by atoms with Gasteiger partial charge in [-0.3, -0.25) is 4.79 Å². The van der Waals surface area contributed by atoms with Crippen molar-refractivity contribution in [3.05, 3.63) is 34.9 Å². The molecule has 3 atom stereocenters. The maximum absolute atomic E-state index is 12.8. The fraction of sp³-hybridized carbons (Fsp3) is 0.467. The topological polar surface area (TPSA) is 69.6 Å². The van der Waals surface area contributed by atoms with E-state index in [2.05, 4.69) is 0 Å². The number of likely N-dealkylation sites (tertiary alicyclic amines) is 1. The molecule has 2 rings (SSSR count). The number of nitrogens with zero attached hydrogens (tertiary/aromatic N) is 1. The molecule has 1 aromatic carbocycles. The van der Waals surface area contributed by atoms with Crippen LogP contribution in [0.3, 0.4) is 0 Å². The van der Waals surface area contributed by atoms with Gasteiger partial charge in [-0.1, -0.05) is 23.7 Å². The third-order valence-electron chi connectivity index (χ3n) is 4.07. The van der Waals surface area contributed by atoms with Crippen LogP contribution in [0.4, 0.5) is 18.0 Å². The van der Waals surface area contributed by atoms with Gasteiger partial charge in [0.25, 0.3) is 0 Å². The highest BCUT2D eigenvalue weighted by Gasteiger charge is 2.45. The molecule has 9 heteroatoms. The average Bonchev–Trinajstić information content (AvgIpc) is 2.45. The van der Waals surface area contributed by atoms with Gasteiger partial charge < -0.3 is 15.3 Å². The van der Waals surface area contributed by atoms with E-state index < -0.39 is 42.7 Å². The summed E-state index contributed by atoms with van der Waals surface area (Å²) in [6.45, 7) is 0.0913. The molecule has 0 bridgehead atoms. The number of piperidine rings is 1. The molecule has 0 aliphatic carbocycles. The summed E-state index contributed by atoms with van der Waals surface area (Å²) in [5.41, 5.74) is 0.659. The van der Waals surface area contributed by atoms with E-state index in [1.807, 2.05) is 5.32 Å². The molecule has 5 nitrogen and oxygen atoms in total. The van der Waals surface area contributed by atoms with E-state index >= 15 is 0 Å². The largest absolute Gasteiger partial charge is 0.465 e. The zero-order chi connectivity index (χ0) is 18.1. The number of nitrogens with one attached hydrogen (secondary N) is 1. The van der Waals surface area contributed by atoms with Crippen LogP contribution in [-0.2, 0) is 4.79 Å². The van der Waals surface area contributed by atoms with Crippen LogP contribution in [0, 0.1) is 0 Å². The fourth-order valence-electron chi connectivity index (χ4n) is 3.01. The Hall–Kier alpha value is -1.96. The highest BCUT2D eigenvalue weighted by atomic mass is 35.5. The average molecular weight is 365 g/mol. The molecular weight excluding hydrogens is 349 g/mol. The van der Waals surface area contributed by atoms with Gasteiger partial charge in [0.05, 0.1) is 0 Å². The van der Waals surface area contributed by atoms with Crippen LogP contribution in [0.1, 0.15) is 24.8 Å². The summed E-state index contributed by atoms with van der Waals surface area (Å²) in [5.74, 6) is -1.35. The summed E-state index contributed by atoms with van der Waals surface area (Å²) in [6, 6.07) is 4.63. The Kier molecular flexibility index (Phi) is 5.27. The molecular formula is C15H16ClF3N2O3. The van der Waals surface area contributed by atoms with Gasteiger partial charge in [0, 0.05) is 17.0 Å². The van der Waals surface area contributed by atoms with Crippen LogP contribution in [0.5, 0.6) is 0 Å². The first-order chi connectivity index (χ1) is 11.1. The van der Waals surface area contributed by atoms with Crippen LogP contribution in [-0.4, -0.2) is 46.8 Å². The molecule has 2 N–H and O–H groups in total. The molecule has 132 valence electrons. The number of carbonyl (C=O) groups excluding carboxylic acids is 1. The lowest BCUT2D eigenvalue weighted by Crippen LogP contribution is -2.59. The van der Waals surface area contributed by atoms with E-state index in [1.165, 1.54) is 6.92 Å². The van der Waals surface area contributed by atoms with Gasteiger partial charge in [-0.2, -0.15) is 13.2 Å². The first-order valence-electron chi connectivity index (χ1n) is 7.20. The van der Waals surface area contributed by atoms with E-state index in [0.717, 1.165) is 0 Å². The molecule has 1 aromatic rings. The van der Waals surface area contributed by atoms with Crippen molar-refractivity contribution < 1.29 is 27.9 Å². The highest BCUT2D eigenvalue weighted by molar-refractivity contribution is 6.30. The van der Waals surface area contributed by atoms with Crippen LogP contribution in [0.25, 0.3) is 0 Å². The van der Waals surface area contributed by atoms with Crippen molar-refractivity contribution in [2.45, 2.75) is 37.5 Å². The third kappa shape index (κ3) is 4.31. The minimum Gasteiger partial charge on any atom is -0.465 e. The van der Waals surface area contributed by atoms with Crippen LogP contribution >= 0.6 is 11.6 Å². The summed E-state index contributed by atoms with van der Waals surface area (Å²) in [4.78, 5) is 23.8. The molecule has 1 fully saturated rings. The van der Waals surface area contributed by atoms with Gasteiger partial charge >= 0.3 is 12.3 Å². The lowest BCUT2D eigenvalue weighted by atomic mass is 9.82. The van der Waals surface area contributed by atoms with E-state index in [-0.39, 0.29) is 6.42 Å². The minimum absolute atomic E-state index is 0.0704. The fourth-order valence-corrected chi connectivity index (χ4v) is 3.21. The predicted octanol–water partition coefficient (Wildman–Crippen LogP) is 3.24. The van der Waals surface area contributed by atoms with E-state index in [4.69, 9.17) is 16.7 Å². The number of benzene rings is 1. The molecule has 0 spiro atoms. The van der Waals surface area contributed by atoms with Gasteiger partial charge in [0.15, 0.2) is 0 Å². The first-order valence-corrected chi connectivity index (χ1v) is 7.58. The predicted molar refractivity (Wildman–Crippen MR) is 81.0 cm³/mol. The van der Waals surface area contributed by atoms with E-state index in [9.17, 15) is 22.8 Å². The second kappa shape index (κ2) is 6.88. The summed E-state index contributed by atoms with van der Waals surface area (Å²) < 4.78 is 38.5. The van der Waals surface area contributed by atoms with Gasteiger partial charge in [-0.15, -0.1) is 0 Å². The Morgan fingerprint density at radius 3 is 2.67 bits per heavy atom. The monoisotopic (exact) mass is 364 g/mol. The van der Waals surface area contributed by atoms with Crippen molar-refractivity contribution in [3.8, 4) is 0 Å². The maximum atomic E-state index is 12.8. The molecule has 1 heterocycles. The summed E-state index contributed by atoms with van der Waals surface area (Å²) >= 11 is 5.93. The van der Waals surface area contributed by atoms with E-state index in [0.29, 0.717) is 15.5 Å². The Morgan fingerprint density at radius 1 is 1.46 bits per heavy atom. The first kappa shape index (κ1) is 18.4. The number of hydrogen-bond acceptors (Lipinski definition) is 2. The quantitative estimate of drug-likeness (QED) is 0.865. The number of carboxylic acid groups (broad SMARTS) is 1. The Balaban J connectivity index is 2.36. The second-order valence-corrected chi connectivity index (χ2v) is 6.16. The van der Waals surface area contributed by atoms with Crippen molar-refractivity contribution in [1.29, 1.82) is 0 Å². The number of carbonyl (C=O) groups is 2.